The van der Waals surface area contributed by atoms with Gasteiger partial charge in [-0.05, 0) is 12.1 Å². The van der Waals surface area contributed by atoms with Gasteiger partial charge < -0.3 is 4.90 Å². The summed E-state index contributed by atoms with van der Waals surface area (Å²) in [5.41, 5.74) is 0. The Labute approximate surface area is 94.8 Å². The maximum absolute atomic E-state index is 12.5. The lowest BCUT2D eigenvalue weighted by Crippen LogP contribution is -2.36. The predicted octanol–water partition coefficient (Wildman–Crippen LogP) is 2.83. The third kappa shape index (κ3) is 4.22. The van der Waals surface area contributed by atoms with Crippen molar-refractivity contribution in [3.63, 3.8) is 0 Å². The molecule has 0 bridgehead atoms. The first-order chi connectivity index (χ1) is 7.42. The monoisotopic (exact) mass is 256 g/mol. The van der Waals surface area contributed by atoms with Crippen molar-refractivity contribution in [3.8, 4) is 0 Å². The number of hydrogen-bond acceptors (Lipinski definition) is 2. The highest BCUT2D eigenvalue weighted by molar-refractivity contribution is 6.18. The van der Waals surface area contributed by atoms with Gasteiger partial charge in [-0.2, -0.15) is 13.2 Å². The van der Waals surface area contributed by atoms with Crippen molar-refractivity contribution in [2.75, 3.05) is 23.9 Å². The molecular weight excluding hydrogens is 248 g/mol. The fourth-order valence-corrected chi connectivity index (χ4v) is 1.35. The van der Waals surface area contributed by atoms with Gasteiger partial charge in [-0.25, -0.2) is 9.37 Å². The molecule has 0 saturated heterocycles. The van der Waals surface area contributed by atoms with Crippen LogP contribution in [-0.4, -0.2) is 30.1 Å². The summed E-state index contributed by atoms with van der Waals surface area (Å²) in [6.45, 7) is -1.15. The summed E-state index contributed by atoms with van der Waals surface area (Å²) in [5, 5.41) is 0. The first-order valence-electron chi connectivity index (χ1n) is 4.41. The Morgan fingerprint density at radius 1 is 1.31 bits per heavy atom. The second-order valence-electron chi connectivity index (χ2n) is 3.06. The van der Waals surface area contributed by atoms with Gasteiger partial charge in [0.25, 0.3) is 0 Å². The topological polar surface area (TPSA) is 16.1 Å². The normalized spacial score (nSPS) is 11.6. The van der Waals surface area contributed by atoms with E-state index in [2.05, 4.69) is 4.98 Å². The quantitative estimate of drug-likeness (QED) is 0.608. The Hall–Kier alpha value is -1.04. The number of nitrogens with zero attached hydrogens (tertiary/aromatic N) is 2. The van der Waals surface area contributed by atoms with E-state index in [0.717, 1.165) is 17.2 Å². The molecule has 7 heteroatoms. The van der Waals surface area contributed by atoms with E-state index in [1.54, 1.807) is 0 Å². The van der Waals surface area contributed by atoms with Crippen LogP contribution in [0.3, 0.4) is 0 Å². The number of hydrogen-bond donors (Lipinski definition) is 0. The largest absolute Gasteiger partial charge is 0.405 e. The summed E-state index contributed by atoms with van der Waals surface area (Å²) in [7, 11) is 0. The molecule has 0 atom stereocenters. The fraction of sp³-hybridized carbons (Fsp3) is 0.444. The van der Waals surface area contributed by atoms with Gasteiger partial charge in [-0.1, -0.05) is 0 Å². The first-order valence-corrected chi connectivity index (χ1v) is 4.95. The number of rotatable bonds is 4. The van der Waals surface area contributed by atoms with Gasteiger partial charge in [-0.3, -0.25) is 0 Å². The van der Waals surface area contributed by atoms with Crippen molar-refractivity contribution in [2.24, 2.45) is 0 Å². The van der Waals surface area contributed by atoms with Crippen molar-refractivity contribution in [1.29, 1.82) is 0 Å². The predicted molar refractivity (Wildman–Crippen MR) is 53.2 cm³/mol. The number of aromatic nitrogens is 1. The molecule has 0 unspecified atom stereocenters. The summed E-state index contributed by atoms with van der Waals surface area (Å²) in [4.78, 5) is 4.52. The molecule has 0 spiro atoms. The molecule has 90 valence electrons. The van der Waals surface area contributed by atoms with Crippen molar-refractivity contribution < 1.29 is 17.6 Å². The Kier molecular flexibility index (Phi) is 4.35. The van der Waals surface area contributed by atoms with Gasteiger partial charge in [0.1, 0.15) is 18.2 Å². The van der Waals surface area contributed by atoms with Gasteiger partial charge in [-0.15, -0.1) is 11.6 Å². The fourth-order valence-electron chi connectivity index (χ4n) is 1.15. The number of pyridine rings is 1. The van der Waals surface area contributed by atoms with Crippen LogP contribution in [0, 0.1) is 5.82 Å². The summed E-state index contributed by atoms with van der Waals surface area (Å²) in [6, 6.07) is 2.24. The molecule has 1 rings (SSSR count). The number of anilines is 1. The zero-order valence-electron chi connectivity index (χ0n) is 8.14. The van der Waals surface area contributed by atoms with Crippen LogP contribution in [0.1, 0.15) is 0 Å². The minimum Gasteiger partial charge on any atom is -0.346 e. The SMILES string of the molecule is Fc1ccc(N(CCCl)CC(F)(F)F)nc1. The van der Waals surface area contributed by atoms with Crippen LogP contribution in [-0.2, 0) is 0 Å². The third-order valence-corrected chi connectivity index (χ3v) is 1.93. The Bertz CT molecular complexity index is 325. The first kappa shape index (κ1) is 13.0. The lowest BCUT2D eigenvalue weighted by atomic mass is 10.4. The minimum atomic E-state index is -4.35. The number of alkyl halides is 4. The van der Waals surface area contributed by atoms with Crippen LogP contribution in [0.15, 0.2) is 18.3 Å². The van der Waals surface area contributed by atoms with Crippen LogP contribution in [0.5, 0.6) is 0 Å². The van der Waals surface area contributed by atoms with Crippen molar-refractivity contribution in [2.45, 2.75) is 6.18 Å². The van der Waals surface area contributed by atoms with Crippen LogP contribution in [0.2, 0.25) is 0 Å². The lowest BCUT2D eigenvalue weighted by Gasteiger charge is -2.23. The second kappa shape index (κ2) is 5.34. The summed E-state index contributed by atoms with van der Waals surface area (Å²) in [5.74, 6) is -0.504. The molecule has 0 aromatic carbocycles. The Morgan fingerprint density at radius 3 is 2.44 bits per heavy atom. The highest BCUT2D eigenvalue weighted by Gasteiger charge is 2.31. The van der Waals surface area contributed by atoms with E-state index in [9.17, 15) is 17.6 Å². The molecule has 0 saturated carbocycles. The highest BCUT2D eigenvalue weighted by Crippen LogP contribution is 2.20. The standard InChI is InChI=1S/C9H9ClF4N2/c10-3-4-16(6-9(12,13)14)8-2-1-7(11)5-15-8/h1-2,5H,3-4,6H2. The van der Waals surface area contributed by atoms with E-state index in [4.69, 9.17) is 11.6 Å². The highest BCUT2D eigenvalue weighted by atomic mass is 35.5. The third-order valence-electron chi connectivity index (χ3n) is 1.76. The van der Waals surface area contributed by atoms with Crippen LogP contribution >= 0.6 is 11.6 Å². The van der Waals surface area contributed by atoms with Gasteiger partial charge in [0, 0.05) is 12.4 Å². The average Bonchev–Trinajstić information content (AvgIpc) is 2.16. The van der Waals surface area contributed by atoms with Crippen molar-refractivity contribution in [3.05, 3.63) is 24.1 Å². The van der Waals surface area contributed by atoms with Crippen LogP contribution < -0.4 is 4.90 Å². The van der Waals surface area contributed by atoms with Gasteiger partial charge >= 0.3 is 6.18 Å². The van der Waals surface area contributed by atoms with Gasteiger partial charge in [0.15, 0.2) is 0 Å². The maximum atomic E-state index is 12.5. The molecule has 1 heterocycles. The Morgan fingerprint density at radius 2 is 2.00 bits per heavy atom. The molecule has 0 radical (unpaired) electrons. The molecular formula is C9H9ClF4N2. The molecule has 2 nitrogen and oxygen atoms in total. The van der Waals surface area contributed by atoms with Gasteiger partial charge in [0.2, 0.25) is 0 Å². The molecule has 0 N–H and O–H groups in total. The zero-order valence-corrected chi connectivity index (χ0v) is 8.89. The van der Waals surface area contributed by atoms with E-state index in [1.165, 1.54) is 6.07 Å². The van der Waals surface area contributed by atoms with Crippen molar-refractivity contribution in [1.82, 2.24) is 4.98 Å². The summed E-state index contributed by atoms with van der Waals surface area (Å²) in [6.07, 6.45) is -3.48. The van der Waals surface area contributed by atoms with E-state index < -0.39 is 18.5 Å². The molecule has 0 amide bonds. The second-order valence-corrected chi connectivity index (χ2v) is 3.44. The van der Waals surface area contributed by atoms with E-state index in [1.807, 2.05) is 0 Å². The van der Waals surface area contributed by atoms with Crippen molar-refractivity contribution >= 4 is 17.4 Å². The molecule has 1 aromatic rings. The molecule has 16 heavy (non-hydrogen) atoms. The van der Waals surface area contributed by atoms with Gasteiger partial charge in [0.05, 0.1) is 6.20 Å². The maximum Gasteiger partial charge on any atom is 0.405 e. The molecule has 0 aliphatic carbocycles. The lowest BCUT2D eigenvalue weighted by molar-refractivity contribution is -0.119. The molecule has 0 aliphatic rings. The average molecular weight is 257 g/mol. The van der Waals surface area contributed by atoms with E-state index in [0.29, 0.717) is 0 Å². The van der Waals surface area contributed by atoms with E-state index >= 15 is 0 Å². The Balaban J connectivity index is 2.80. The smallest absolute Gasteiger partial charge is 0.346 e. The number of halogens is 5. The molecule has 1 aromatic heterocycles. The minimum absolute atomic E-state index is 0.000300. The van der Waals surface area contributed by atoms with Crippen LogP contribution in [0.25, 0.3) is 0 Å². The molecule has 0 aliphatic heterocycles. The van der Waals surface area contributed by atoms with Crippen LogP contribution in [0.4, 0.5) is 23.4 Å². The molecule has 0 fully saturated rings. The van der Waals surface area contributed by atoms with E-state index in [-0.39, 0.29) is 18.2 Å². The summed E-state index contributed by atoms with van der Waals surface area (Å²) < 4.78 is 49.2. The summed E-state index contributed by atoms with van der Waals surface area (Å²) >= 11 is 5.40. The zero-order chi connectivity index (χ0) is 12.2.